The van der Waals surface area contributed by atoms with Gasteiger partial charge in [0.2, 0.25) is 0 Å². The first-order valence-electron chi connectivity index (χ1n) is 6.15. The van der Waals surface area contributed by atoms with Gasteiger partial charge in [-0.2, -0.15) is 5.26 Å². The maximum atomic E-state index is 12.1. The van der Waals surface area contributed by atoms with Crippen LogP contribution in [0.2, 0.25) is 0 Å². The predicted molar refractivity (Wildman–Crippen MR) is 74.0 cm³/mol. The fourth-order valence-electron chi connectivity index (χ4n) is 2.33. The van der Waals surface area contributed by atoms with Gasteiger partial charge in [0.1, 0.15) is 5.75 Å². The Hall–Kier alpha value is -2.81. The molecule has 0 radical (unpaired) electrons. The van der Waals surface area contributed by atoms with Crippen LogP contribution in [0.15, 0.2) is 18.2 Å². The van der Waals surface area contributed by atoms with Crippen LogP contribution in [0.3, 0.4) is 0 Å². The van der Waals surface area contributed by atoms with Crippen molar-refractivity contribution in [3.63, 3.8) is 0 Å². The molecule has 1 aliphatic carbocycles. The molecule has 0 atom stereocenters. The number of phenols is 1. The molecule has 5 N–H and O–H groups in total. The number of aromatic hydroxyl groups is 1. The average molecular weight is 270 g/mol. The van der Waals surface area contributed by atoms with Gasteiger partial charge in [-0.05, 0) is 37.0 Å². The molecule has 6 heteroatoms. The summed E-state index contributed by atoms with van der Waals surface area (Å²) in [4.78, 5) is 12.1. The molecule has 6 nitrogen and oxygen atoms in total. The van der Waals surface area contributed by atoms with Crippen molar-refractivity contribution >= 4 is 17.4 Å². The van der Waals surface area contributed by atoms with E-state index >= 15 is 0 Å². The summed E-state index contributed by atoms with van der Waals surface area (Å²) in [5.41, 5.74) is 6.76. The Kier molecular flexibility index (Phi) is 3.71. The molecule has 2 rings (SSSR count). The first-order valence-corrected chi connectivity index (χ1v) is 6.15. The molecule has 1 aromatic rings. The number of nitriles is 1. The minimum atomic E-state index is -0.685. The van der Waals surface area contributed by atoms with Crippen molar-refractivity contribution in [3.8, 4) is 11.8 Å². The molecule has 20 heavy (non-hydrogen) atoms. The maximum absolute atomic E-state index is 12.1. The minimum Gasteiger partial charge on any atom is -0.507 e. The largest absolute Gasteiger partial charge is 0.507 e. The summed E-state index contributed by atoms with van der Waals surface area (Å²) < 4.78 is 0. The van der Waals surface area contributed by atoms with E-state index in [0.29, 0.717) is 11.1 Å². The molecule has 0 saturated carbocycles. The number of nitrogens with zero attached hydrogens (tertiary/aromatic N) is 1. The van der Waals surface area contributed by atoms with Crippen molar-refractivity contribution in [1.29, 1.82) is 10.7 Å². The Balaban J connectivity index is 2.62. The number of benzene rings is 1. The van der Waals surface area contributed by atoms with Crippen molar-refractivity contribution in [2.24, 2.45) is 5.73 Å². The maximum Gasteiger partial charge on any atom is 0.262 e. The lowest BCUT2D eigenvalue weighted by molar-refractivity contribution is 0.0973. The molecule has 0 fully saturated rings. The number of carbonyl (C=O) groups excluding carboxylic acids is 1. The molecular weight excluding hydrogens is 256 g/mol. The lowest BCUT2D eigenvalue weighted by Crippen LogP contribution is -2.36. The van der Waals surface area contributed by atoms with E-state index < -0.39 is 11.9 Å². The summed E-state index contributed by atoms with van der Waals surface area (Å²) >= 11 is 0. The number of hydrogen-bond donors (Lipinski definition) is 4. The molecule has 102 valence electrons. The summed E-state index contributed by atoms with van der Waals surface area (Å²) in [6.45, 7) is 0. The van der Waals surface area contributed by atoms with Crippen molar-refractivity contribution < 1.29 is 9.90 Å². The van der Waals surface area contributed by atoms with Gasteiger partial charge >= 0.3 is 0 Å². The van der Waals surface area contributed by atoms with Gasteiger partial charge in [0.25, 0.3) is 5.91 Å². The first-order chi connectivity index (χ1) is 9.54. The van der Waals surface area contributed by atoms with Crippen LogP contribution in [0.4, 0.5) is 0 Å². The highest BCUT2D eigenvalue weighted by Crippen LogP contribution is 2.35. The second kappa shape index (κ2) is 5.45. The summed E-state index contributed by atoms with van der Waals surface area (Å²) in [5.74, 6) is -1.43. The van der Waals surface area contributed by atoms with E-state index in [1.165, 1.54) is 12.1 Å². The number of allylic oxidation sites excluding steroid dienone is 2. The van der Waals surface area contributed by atoms with Crippen LogP contribution in [0.1, 0.15) is 40.7 Å². The molecule has 0 heterocycles. The van der Waals surface area contributed by atoms with E-state index in [9.17, 15) is 15.2 Å². The second-order valence-corrected chi connectivity index (χ2v) is 4.48. The Labute approximate surface area is 116 Å². The lowest BCUT2D eigenvalue weighted by Gasteiger charge is -2.13. The lowest BCUT2D eigenvalue weighted by atomic mass is 9.93. The SMILES string of the molecule is N#Cc1ccc(O)c(C(=O)NC(=N)N)c1C1=CCCC1. The van der Waals surface area contributed by atoms with E-state index in [0.717, 1.165) is 24.8 Å². The third-order valence-electron chi connectivity index (χ3n) is 3.14. The van der Waals surface area contributed by atoms with E-state index in [1.807, 2.05) is 12.1 Å². The standard InChI is InChI=1S/C14H14N4O2/c15-7-9-5-6-10(19)12(13(20)18-14(16)17)11(9)8-3-1-2-4-8/h3,5-6,19H,1-2,4H2,(H4,16,17,18,20). The molecule has 1 aromatic carbocycles. The normalized spacial score (nSPS) is 13.4. The first kappa shape index (κ1) is 13.6. The van der Waals surface area contributed by atoms with Gasteiger partial charge < -0.3 is 10.8 Å². The molecule has 0 aliphatic heterocycles. The van der Waals surface area contributed by atoms with Crippen molar-refractivity contribution in [2.75, 3.05) is 0 Å². The van der Waals surface area contributed by atoms with Gasteiger partial charge in [0, 0.05) is 5.56 Å². The molecule has 0 unspecified atom stereocenters. The van der Waals surface area contributed by atoms with Crippen LogP contribution >= 0.6 is 0 Å². The van der Waals surface area contributed by atoms with Gasteiger partial charge in [-0.25, -0.2) is 0 Å². The Morgan fingerprint density at radius 3 is 2.80 bits per heavy atom. The second-order valence-electron chi connectivity index (χ2n) is 4.48. The van der Waals surface area contributed by atoms with Crippen LogP contribution in [-0.4, -0.2) is 17.0 Å². The molecule has 1 amide bonds. The van der Waals surface area contributed by atoms with Crippen molar-refractivity contribution in [1.82, 2.24) is 5.32 Å². The quantitative estimate of drug-likeness (QED) is 0.479. The van der Waals surface area contributed by atoms with E-state index in [1.54, 1.807) is 0 Å². The predicted octanol–water partition coefficient (Wildman–Crippen LogP) is 1.45. The zero-order valence-corrected chi connectivity index (χ0v) is 10.7. The summed E-state index contributed by atoms with van der Waals surface area (Å²) in [6, 6.07) is 4.81. The molecular formula is C14H14N4O2. The molecule has 0 spiro atoms. The Morgan fingerprint density at radius 2 is 2.25 bits per heavy atom. The highest BCUT2D eigenvalue weighted by atomic mass is 16.3. The number of carbonyl (C=O) groups is 1. The number of amides is 1. The monoisotopic (exact) mass is 270 g/mol. The third-order valence-corrected chi connectivity index (χ3v) is 3.14. The summed E-state index contributed by atoms with van der Waals surface area (Å²) in [5, 5.41) is 28.4. The Morgan fingerprint density at radius 1 is 1.50 bits per heavy atom. The number of nitrogens with one attached hydrogen (secondary N) is 2. The zero-order valence-electron chi connectivity index (χ0n) is 10.7. The summed E-state index contributed by atoms with van der Waals surface area (Å²) in [7, 11) is 0. The highest BCUT2D eigenvalue weighted by molar-refractivity contribution is 6.09. The van der Waals surface area contributed by atoms with Gasteiger partial charge in [-0.3, -0.25) is 15.5 Å². The smallest absolute Gasteiger partial charge is 0.262 e. The minimum absolute atomic E-state index is 0.00704. The van der Waals surface area contributed by atoms with Crippen LogP contribution in [0.25, 0.3) is 5.57 Å². The molecule has 0 saturated heterocycles. The summed E-state index contributed by atoms with van der Waals surface area (Å²) in [6.07, 6.45) is 4.53. The van der Waals surface area contributed by atoms with Crippen LogP contribution in [0, 0.1) is 16.7 Å². The number of rotatable bonds is 2. The van der Waals surface area contributed by atoms with Crippen molar-refractivity contribution in [3.05, 3.63) is 34.9 Å². The number of guanidine groups is 1. The van der Waals surface area contributed by atoms with Gasteiger partial charge in [0.05, 0.1) is 17.2 Å². The zero-order chi connectivity index (χ0) is 14.7. The number of nitrogens with two attached hydrogens (primary N) is 1. The third kappa shape index (κ3) is 2.47. The number of phenolic OH excluding ortho intramolecular Hbond substituents is 1. The molecule has 1 aliphatic rings. The van der Waals surface area contributed by atoms with E-state index in [-0.39, 0.29) is 11.3 Å². The average Bonchev–Trinajstić information content (AvgIpc) is 2.90. The van der Waals surface area contributed by atoms with Gasteiger partial charge in [-0.1, -0.05) is 6.08 Å². The molecule has 0 aromatic heterocycles. The van der Waals surface area contributed by atoms with Crippen LogP contribution < -0.4 is 11.1 Å². The Bertz CT molecular complexity index is 656. The topological polar surface area (TPSA) is 123 Å². The van der Waals surface area contributed by atoms with Gasteiger partial charge in [-0.15, -0.1) is 0 Å². The highest BCUT2D eigenvalue weighted by Gasteiger charge is 2.23. The van der Waals surface area contributed by atoms with Crippen LogP contribution in [0.5, 0.6) is 5.75 Å². The van der Waals surface area contributed by atoms with Gasteiger partial charge in [0.15, 0.2) is 5.96 Å². The fourth-order valence-corrected chi connectivity index (χ4v) is 2.33. The van der Waals surface area contributed by atoms with Crippen molar-refractivity contribution in [2.45, 2.75) is 19.3 Å². The molecule has 0 bridgehead atoms. The fraction of sp³-hybridized carbons (Fsp3) is 0.214. The van der Waals surface area contributed by atoms with E-state index in [4.69, 9.17) is 11.1 Å². The number of hydrogen-bond acceptors (Lipinski definition) is 4. The van der Waals surface area contributed by atoms with E-state index in [2.05, 4.69) is 5.32 Å². The van der Waals surface area contributed by atoms with Crippen LogP contribution in [-0.2, 0) is 0 Å².